The van der Waals surface area contributed by atoms with Crippen LogP contribution in [0.4, 0.5) is 0 Å². The van der Waals surface area contributed by atoms with Crippen molar-refractivity contribution in [3.8, 4) is 0 Å². The van der Waals surface area contributed by atoms with E-state index in [4.69, 9.17) is 4.52 Å². The zero-order valence-corrected chi connectivity index (χ0v) is 13.9. The minimum absolute atomic E-state index is 0.00226. The Hall–Kier alpha value is -2.10. The lowest BCUT2D eigenvalue weighted by atomic mass is 9.90. The fraction of sp³-hybridized carbons (Fsp3) is 0.474. The van der Waals surface area contributed by atoms with Gasteiger partial charge in [0, 0.05) is 19.2 Å². The maximum absolute atomic E-state index is 12.5. The Balaban J connectivity index is 1.58. The molecule has 122 valence electrons. The van der Waals surface area contributed by atoms with Crippen LogP contribution < -0.4 is 0 Å². The van der Waals surface area contributed by atoms with Crippen molar-refractivity contribution >= 4 is 5.91 Å². The molecule has 1 amide bonds. The molecule has 2 aromatic rings. The summed E-state index contributed by atoms with van der Waals surface area (Å²) >= 11 is 0. The van der Waals surface area contributed by atoms with Crippen molar-refractivity contribution in [1.82, 2.24) is 10.1 Å². The SMILES string of the molecule is Cc1cc(C(=O)N2CCC[C@H](CCc3ccccc3C)C2)no1. The summed E-state index contributed by atoms with van der Waals surface area (Å²) in [6, 6.07) is 10.3. The van der Waals surface area contributed by atoms with Crippen molar-refractivity contribution < 1.29 is 9.32 Å². The third kappa shape index (κ3) is 3.81. The highest BCUT2D eigenvalue weighted by Gasteiger charge is 2.26. The van der Waals surface area contributed by atoms with Crippen molar-refractivity contribution in [3.05, 3.63) is 52.9 Å². The first-order valence-electron chi connectivity index (χ1n) is 8.40. The van der Waals surface area contributed by atoms with Crippen LogP contribution in [0.15, 0.2) is 34.9 Å². The van der Waals surface area contributed by atoms with Gasteiger partial charge in [-0.05, 0) is 56.6 Å². The van der Waals surface area contributed by atoms with E-state index in [1.165, 1.54) is 17.5 Å². The van der Waals surface area contributed by atoms with Crippen molar-refractivity contribution in [2.45, 2.75) is 39.5 Å². The van der Waals surface area contributed by atoms with E-state index in [9.17, 15) is 4.79 Å². The average Bonchev–Trinajstić information content (AvgIpc) is 3.00. The highest BCUT2D eigenvalue weighted by Crippen LogP contribution is 2.23. The number of piperidine rings is 1. The van der Waals surface area contributed by atoms with E-state index in [0.29, 0.717) is 17.4 Å². The van der Waals surface area contributed by atoms with Crippen LogP contribution in [0.3, 0.4) is 0 Å². The number of nitrogens with zero attached hydrogens (tertiary/aromatic N) is 2. The van der Waals surface area contributed by atoms with E-state index in [0.717, 1.165) is 32.4 Å². The van der Waals surface area contributed by atoms with Gasteiger partial charge in [0.15, 0.2) is 5.69 Å². The average molecular weight is 312 g/mol. The molecular formula is C19H24N2O2. The summed E-state index contributed by atoms with van der Waals surface area (Å²) in [5, 5.41) is 3.85. The molecule has 1 aromatic heterocycles. The van der Waals surface area contributed by atoms with Crippen LogP contribution in [0.25, 0.3) is 0 Å². The van der Waals surface area contributed by atoms with Crippen LogP contribution in [-0.2, 0) is 6.42 Å². The van der Waals surface area contributed by atoms with Gasteiger partial charge in [-0.1, -0.05) is 29.4 Å². The number of carbonyl (C=O) groups excluding carboxylic acids is 1. The zero-order chi connectivity index (χ0) is 16.2. The smallest absolute Gasteiger partial charge is 0.276 e. The Morgan fingerprint density at radius 1 is 1.35 bits per heavy atom. The topological polar surface area (TPSA) is 46.3 Å². The van der Waals surface area contributed by atoms with Gasteiger partial charge in [-0.25, -0.2) is 0 Å². The summed E-state index contributed by atoms with van der Waals surface area (Å²) in [5.74, 6) is 1.25. The molecule has 0 spiro atoms. The number of benzene rings is 1. The van der Waals surface area contributed by atoms with Crippen LogP contribution in [0, 0.1) is 19.8 Å². The molecule has 2 heterocycles. The first-order chi connectivity index (χ1) is 11.1. The Labute approximate surface area is 137 Å². The van der Waals surface area contributed by atoms with Crippen LogP contribution in [0.1, 0.15) is 46.6 Å². The minimum Gasteiger partial charge on any atom is -0.361 e. The molecule has 0 saturated carbocycles. The highest BCUT2D eigenvalue weighted by atomic mass is 16.5. The summed E-state index contributed by atoms with van der Waals surface area (Å²) in [5.41, 5.74) is 3.21. The number of likely N-dealkylation sites (tertiary alicyclic amines) is 1. The van der Waals surface area contributed by atoms with Crippen molar-refractivity contribution in [1.29, 1.82) is 0 Å². The van der Waals surface area contributed by atoms with Gasteiger partial charge >= 0.3 is 0 Å². The molecule has 1 saturated heterocycles. The minimum atomic E-state index is 0.00226. The number of carbonyl (C=O) groups is 1. The van der Waals surface area contributed by atoms with E-state index in [2.05, 4.69) is 36.3 Å². The molecule has 23 heavy (non-hydrogen) atoms. The lowest BCUT2D eigenvalue weighted by Gasteiger charge is -2.32. The molecule has 0 bridgehead atoms. The first kappa shape index (κ1) is 15.8. The molecule has 1 aliphatic rings. The van der Waals surface area contributed by atoms with Crippen molar-refractivity contribution in [2.75, 3.05) is 13.1 Å². The maximum atomic E-state index is 12.5. The monoisotopic (exact) mass is 312 g/mol. The molecular weight excluding hydrogens is 288 g/mol. The van der Waals surface area contributed by atoms with E-state index in [1.807, 2.05) is 11.8 Å². The summed E-state index contributed by atoms with van der Waals surface area (Å²) in [6.07, 6.45) is 4.49. The van der Waals surface area contributed by atoms with E-state index in [1.54, 1.807) is 6.07 Å². The molecule has 1 aromatic carbocycles. The Morgan fingerprint density at radius 3 is 2.91 bits per heavy atom. The molecule has 3 rings (SSSR count). The van der Waals surface area contributed by atoms with Gasteiger partial charge in [0.25, 0.3) is 5.91 Å². The highest BCUT2D eigenvalue weighted by molar-refractivity contribution is 5.92. The predicted octanol–water partition coefficient (Wildman–Crippen LogP) is 3.78. The molecule has 1 aliphatic heterocycles. The van der Waals surface area contributed by atoms with E-state index >= 15 is 0 Å². The molecule has 4 heteroatoms. The standard InChI is InChI=1S/C19H24N2O2/c1-14-6-3-4-8-17(14)10-9-16-7-5-11-21(13-16)19(22)18-12-15(2)23-20-18/h3-4,6,8,12,16H,5,7,9-11,13H2,1-2H3/t16-/m1/s1. The van der Waals surface area contributed by atoms with Gasteiger partial charge in [0.05, 0.1) is 0 Å². The summed E-state index contributed by atoms with van der Waals surface area (Å²) < 4.78 is 5.02. The third-order valence-electron chi connectivity index (χ3n) is 4.74. The molecule has 4 nitrogen and oxygen atoms in total. The van der Waals surface area contributed by atoms with Gasteiger partial charge in [-0.2, -0.15) is 0 Å². The number of aryl methyl sites for hydroxylation is 3. The van der Waals surface area contributed by atoms with Crippen LogP contribution in [0.2, 0.25) is 0 Å². The largest absolute Gasteiger partial charge is 0.361 e. The number of rotatable bonds is 4. The van der Waals surface area contributed by atoms with Crippen molar-refractivity contribution in [2.24, 2.45) is 5.92 Å². The quantitative estimate of drug-likeness (QED) is 0.863. The molecule has 0 N–H and O–H groups in total. The van der Waals surface area contributed by atoms with E-state index < -0.39 is 0 Å². The normalized spacial score (nSPS) is 18.2. The Morgan fingerprint density at radius 2 is 2.17 bits per heavy atom. The number of amides is 1. The van der Waals surface area contributed by atoms with Gasteiger partial charge in [-0.15, -0.1) is 0 Å². The molecule has 0 radical (unpaired) electrons. The summed E-state index contributed by atoms with van der Waals surface area (Å²) in [4.78, 5) is 14.4. The van der Waals surface area contributed by atoms with Gasteiger partial charge < -0.3 is 9.42 Å². The molecule has 1 atom stereocenters. The summed E-state index contributed by atoms with van der Waals surface area (Å²) in [7, 11) is 0. The fourth-order valence-electron chi connectivity index (χ4n) is 3.36. The van der Waals surface area contributed by atoms with E-state index in [-0.39, 0.29) is 5.91 Å². The van der Waals surface area contributed by atoms with Gasteiger partial charge in [-0.3, -0.25) is 4.79 Å². The second kappa shape index (κ2) is 6.99. The zero-order valence-electron chi connectivity index (χ0n) is 13.9. The Kier molecular flexibility index (Phi) is 4.79. The first-order valence-corrected chi connectivity index (χ1v) is 8.40. The fourth-order valence-corrected chi connectivity index (χ4v) is 3.36. The van der Waals surface area contributed by atoms with Crippen LogP contribution in [-0.4, -0.2) is 29.1 Å². The second-order valence-electron chi connectivity index (χ2n) is 6.55. The van der Waals surface area contributed by atoms with Crippen LogP contribution in [0.5, 0.6) is 0 Å². The predicted molar refractivity (Wildman–Crippen MR) is 89.4 cm³/mol. The lowest BCUT2D eigenvalue weighted by Crippen LogP contribution is -2.40. The Bertz CT molecular complexity index is 678. The molecule has 0 aliphatic carbocycles. The molecule has 1 fully saturated rings. The van der Waals surface area contributed by atoms with Gasteiger partial charge in [0.2, 0.25) is 0 Å². The number of aromatic nitrogens is 1. The number of hydrogen-bond acceptors (Lipinski definition) is 3. The molecule has 0 unspecified atom stereocenters. The number of hydrogen-bond donors (Lipinski definition) is 0. The van der Waals surface area contributed by atoms with Gasteiger partial charge in [0.1, 0.15) is 5.76 Å². The maximum Gasteiger partial charge on any atom is 0.276 e. The second-order valence-corrected chi connectivity index (χ2v) is 6.55. The third-order valence-corrected chi connectivity index (χ3v) is 4.74. The van der Waals surface area contributed by atoms with Crippen molar-refractivity contribution in [3.63, 3.8) is 0 Å². The van der Waals surface area contributed by atoms with Crippen LogP contribution >= 0.6 is 0 Å². The summed E-state index contributed by atoms with van der Waals surface area (Å²) in [6.45, 7) is 5.63. The lowest BCUT2D eigenvalue weighted by molar-refractivity contribution is 0.0658.